The van der Waals surface area contributed by atoms with E-state index in [0.29, 0.717) is 5.65 Å². The van der Waals surface area contributed by atoms with Crippen LogP contribution in [-0.4, -0.2) is 42.9 Å². The highest BCUT2D eigenvalue weighted by Crippen LogP contribution is 2.23. The van der Waals surface area contributed by atoms with Gasteiger partial charge < -0.3 is 4.90 Å². The summed E-state index contributed by atoms with van der Waals surface area (Å²) in [5.74, 6) is -0.0404. The average molecular weight is 343 g/mol. The van der Waals surface area contributed by atoms with Crippen molar-refractivity contribution in [3.63, 3.8) is 0 Å². The number of hydrogen-bond acceptors (Lipinski definition) is 4. The molecule has 3 rings (SSSR count). The van der Waals surface area contributed by atoms with Crippen LogP contribution in [0.25, 0.3) is 11.0 Å². The molecule has 2 heterocycles. The number of pyridine rings is 1. The lowest BCUT2D eigenvalue weighted by atomic mass is 10.1. The first-order chi connectivity index (χ1) is 11.5. The Labute approximate surface area is 142 Å². The summed E-state index contributed by atoms with van der Waals surface area (Å²) in [6.07, 6.45) is 4.13. The fraction of sp³-hybridized carbons (Fsp3) is 0.278. The van der Waals surface area contributed by atoms with Crippen molar-refractivity contribution in [1.82, 2.24) is 13.9 Å². The third-order valence-corrected chi connectivity index (χ3v) is 5.51. The largest absolute Gasteiger partial charge is 0.309 e. The maximum absolute atomic E-state index is 12.9. The van der Waals surface area contributed by atoms with Gasteiger partial charge in [0.25, 0.3) is 0 Å². The van der Waals surface area contributed by atoms with Crippen LogP contribution in [0.5, 0.6) is 0 Å². The van der Waals surface area contributed by atoms with Crippen molar-refractivity contribution in [1.29, 1.82) is 0 Å². The molecule has 0 saturated heterocycles. The fourth-order valence-corrected chi connectivity index (χ4v) is 4.15. The Balaban J connectivity index is 2.02. The number of fused-ring (bicyclic) bond motifs is 1. The van der Waals surface area contributed by atoms with Crippen LogP contribution in [-0.2, 0) is 22.2 Å². The molecule has 0 unspecified atom stereocenters. The number of likely N-dealkylation sites (N-methyl/N-ethyl adjacent to an activating group) is 1. The van der Waals surface area contributed by atoms with Crippen molar-refractivity contribution in [3.05, 3.63) is 66.0 Å². The van der Waals surface area contributed by atoms with Crippen LogP contribution in [0.2, 0.25) is 0 Å². The van der Waals surface area contributed by atoms with Gasteiger partial charge in [0.1, 0.15) is 0 Å². The second kappa shape index (κ2) is 6.75. The van der Waals surface area contributed by atoms with Gasteiger partial charge in [-0.3, -0.25) is 0 Å². The SMILES string of the molecule is CN(C)CCc1cn(S(=O)(=O)Cc2ccccc2)c2ncccc12. The van der Waals surface area contributed by atoms with E-state index in [1.54, 1.807) is 12.4 Å². The Bertz CT molecular complexity index is 931. The smallest absolute Gasteiger partial charge is 0.244 e. The molecule has 0 aliphatic heterocycles. The predicted octanol–water partition coefficient (Wildman–Crippen LogP) is 2.52. The highest BCUT2D eigenvalue weighted by molar-refractivity contribution is 7.89. The third-order valence-electron chi connectivity index (χ3n) is 3.93. The monoisotopic (exact) mass is 343 g/mol. The van der Waals surface area contributed by atoms with Gasteiger partial charge in [0.05, 0.1) is 5.75 Å². The van der Waals surface area contributed by atoms with Crippen LogP contribution in [0.3, 0.4) is 0 Å². The first-order valence-corrected chi connectivity index (χ1v) is 9.45. The van der Waals surface area contributed by atoms with E-state index in [0.717, 1.165) is 29.5 Å². The molecule has 0 saturated carbocycles. The highest BCUT2D eigenvalue weighted by Gasteiger charge is 2.20. The Hall–Kier alpha value is -2.18. The lowest BCUT2D eigenvalue weighted by Crippen LogP contribution is -2.15. The Kier molecular flexibility index (Phi) is 4.69. The summed E-state index contributed by atoms with van der Waals surface area (Å²) in [4.78, 5) is 6.39. The first kappa shape index (κ1) is 16.7. The van der Waals surface area contributed by atoms with Crippen molar-refractivity contribution in [2.24, 2.45) is 0 Å². The predicted molar refractivity (Wildman–Crippen MR) is 96.5 cm³/mol. The number of nitrogens with zero attached hydrogens (tertiary/aromatic N) is 3. The second-order valence-corrected chi connectivity index (χ2v) is 7.97. The zero-order valence-corrected chi connectivity index (χ0v) is 14.7. The average Bonchev–Trinajstić information content (AvgIpc) is 2.93. The van der Waals surface area contributed by atoms with Gasteiger partial charge in [-0.15, -0.1) is 0 Å². The van der Waals surface area contributed by atoms with Gasteiger partial charge in [0.15, 0.2) is 5.65 Å². The molecule has 126 valence electrons. The van der Waals surface area contributed by atoms with E-state index in [-0.39, 0.29) is 5.75 Å². The van der Waals surface area contributed by atoms with Crippen LogP contribution in [0, 0.1) is 0 Å². The van der Waals surface area contributed by atoms with Gasteiger partial charge in [-0.05, 0) is 43.8 Å². The van der Waals surface area contributed by atoms with Gasteiger partial charge in [-0.25, -0.2) is 17.4 Å². The molecule has 0 N–H and O–H groups in total. The maximum atomic E-state index is 12.9. The minimum absolute atomic E-state index is 0.0404. The van der Waals surface area contributed by atoms with Gasteiger partial charge in [-0.1, -0.05) is 30.3 Å². The Morgan fingerprint density at radius 2 is 1.83 bits per heavy atom. The van der Waals surface area contributed by atoms with Crippen molar-refractivity contribution >= 4 is 21.1 Å². The van der Waals surface area contributed by atoms with E-state index >= 15 is 0 Å². The highest BCUT2D eigenvalue weighted by atomic mass is 32.2. The van der Waals surface area contributed by atoms with Crippen LogP contribution >= 0.6 is 0 Å². The van der Waals surface area contributed by atoms with Crippen molar-refractivity contribution < 1.29 is 8.42 Å². The summed E-state index contributed by atoms with van der Waals surface area (Å²) in [5, 5.41) is 0.899. The molecule has 3 aromatic rings. The van der Waals surface area contributed by atoms with Crippen LogP contribution in [0.1, 0.15) is 11.1 Å². The molecule has 0 amide bonds. The van der Waals surface area contributed by atoms with Gasteiger partial charge in [-0.2, -0.15) is 0 Å². The Morgan fingerprint density at radius 1 is 1.08 bits per heavy atom. The van der Waals surface area contributed by atoms with Crippen molar-refractivity contribution in [2.75, 3.05) is 20.6 Å². The van der Waals surface area contributed by atoms with Crippen LogP contribution in [0.15, 0.2) is 54.9 Å². The fourth-order valence-electron chi connectivity index (χ4n) is 2.71. The maximum Gasteiger partial charge on any atom is 0.244 e. The molecule has 0 fully saturated rings. The number of rotatable bonds is 6. The lowest BCUT2D eigenvalue weighted by Gasteiger charge is -2.08. The number of hydrogen-bond donors (Lipinski definition) is 0. The molecule has 1 aromatic carbocycles. The van der Waals surface area contributed by atoms with E-state index < -0.39 is 10.0 Å². The molecule has 5 nitrogen and oxygen atoms in total. The molecule has 0 spiro atoms. The number of benzene rings is 1. The summed E-state index contributed by atoms with van der Waals surface area (Å²) in [5.41, 5.74) is 2.27. The normalized spacial score (nSPS) is 12.1. The van der Waals surface area contributed by atoms with Crippen molar-refractivity contribution in [3.8, 4) is 0 Å². The molecule has 0 radical (unpaired) electrons. The van der Waals surface area contributed by atoms with E-state index in [4.69, 9.17) is 0 Å². The van der Waals surface area contributed by atoms with Gasteiger partial charge in [0.2, 0.25) is 10.0 Å². The van der Waals surface area contributed by atoms with Crippen LogP contribution < -0.4 is 0 Å². The molecule has 6 heteroatoms. The summed E-state index contributed by atoms with van der Waals surface area (Å²) in [6.45, 7) is 0.854. The van der Waals surface area contributed by atoms with Crippen molar-refractivity contribution in [2.45, 2.75) is 12.2 Å². The molecule has 0 aliphatic rings. The lowest BCUT2D eigenvalue weighted by molar-refractivity contribution is 0.414. The first-order valence-electron chi connectivity index (χ1n) is 7.84. The molecule has 0 aliphatic carbocycles. The standard InChI is InChI=1S/C18H21N3O2S/c1-20(2)12-10-16-13-21(18-17(16)9-6-11-19-18)24(22,23)14-15-7-4-3-5-8-15/h3-9,11,13H,10,12,14H2,1-2H3. The van der Waals surface area contributed by atoms with E-state index in [1.165, 1.54) is 3.97 Å². The van der Waals surface area contributed by atoms with E-state index in [1.807, 2.05) is 56.6 Å². The molecule has 0 bridgehead atoms. The van der Waals surface area contributed by atoms with E-state index in [2.05, 4.69) is 9.88 Å². The summed E-state index contributed by atoms with van der Waals surface area (Å²) in [7, 11) is 0.490. The quantitative estimate of drug-likeness (QED) is 0.690. The molecule has 0 atom stereocenters. The summed E-state index contributed by atoms with van der Waals surface area (Å²) >= 11 is 0. The minimum Gasteiger partial charge on any atom is -0.309 e. The summed E-state index contributed by atoms with van der Waals surface area (Å²) in [6, 6.07) is 13.0. The molecular formula is C18H21N3O2S. The minimum atomic E-state index is -3.52. The van der Waals surface area contributed by atoms with Gasteiger partial charge in [0, 0.05) is 24.3 Å². The molecule has 24 heavy (non-hydrogen) atoms. The topological polar surface area (TPSA) is 55.2 Å². The van der Waals surface area contributed by atoms with E-state index in [9.17, 15) is 8.42 Å². The molecule has 2 aromatic heterocycles. The molecular weight excluding hydrogens is 322 g/mol. The Morgan fingerprint density at radius 3 is 2.54 bits per heavy atom. The number of aromatic nitrogens is 2. The summed E-state index contributed by atoms with van der Waals surface area (Å²) < 4.78 is 27.1. The zero-order valence-electron chi connectivity index (χ0n) is 13.9. The second-order valence-electron chi connectivity index (χ2n) is 6.12. The zero-order chi connectivity index (χ0) is 17.2. The van der Waals surface area contributed by atoms with Gasteiger partial charge >= 0.3 is 0 Å². The third kappa shape index (κ3) is 3.49. The van der Waals surface area contributed by atoms with Crippen LogP contribution in [0.4, 0.5) is 0 Å².